The Balaban J connectivity index is 1.87. The van der Waals surface area contributed by atoms with Crippen LogP contribution in [-0.2, 0) is 0 Å². The van der Waals surface area contributed by atoms with Crippen LogP contribution in [0.25, 0.3) is 0 Å². The Bertz CT molecular complexity index is 295. The monoisotopic (exact) mass is 218 g/mol. The molecule has 2 nitrogen and oxygen atoms in total. The van der Waals surface area contributed by atoms with Crippen LogP contribution in [0.15, 0.2) is 0 Å². The van der Waals surface area contributed by atoms with Crippen molar-refractivity contribution < 1.29 is 13.2 Å². The summed E-state index contributed by atoms with van der Waals surface area (Å²) in [7, 11) is 0. The summed E-state index contributed by atoms with van der Waals surface area (Å²) in [6.07, 6.45) is -1.66. The minimum atomic E-state index is -4.14. The van der Waals surface area contributed by atoms with Gasteiger partial charge < -0.3 is 5.32 Å². The highest BCUT2D eigenvalue weighted by atomic mass is 19.4. The molecule has 84 valence electrons. The van der Waals surface area contributed by atoms with E-state index in [0.717, 1.165) is 12.8 Å². The summed E-state index contributed by atoms with van der Waals surface area (Å²) in [4.78, 5) is 0. The van der Waals surface area contributed by atoms with Gasteiger partial charge >= 0.3 is 6.18 Å². The Morgan fingerprint density at radius 3 is 2.13 bits per heavy atom. The molecule has 0 aromatic rings. The molecule has 2 aliphatic rings. The molecule has 2 saturated carbocycles. The van der Waals surface area contributed by atoms with E-state index in [1.165, 1.54) is 0 Å². The second-order valence-electron chi connectivity index (χ2n) is 4.77. The van der Waals surface area contributed by atoms with Gasteiger partial charge in [-0.2, -0.15) is 18.4 Å². The van der Waals surface area contributed by atoms with Crippen molar-refractivity contribution >= 4 is 0 Å². The number of nitrogens with zero attached hydrogens (tertiary/aromatic N) is 1. The van der Waals surface area contributed by atoms with Gasteiger partial charge in [-0.3, -0.25) is 0 Å². The summed E-state index contributed by atoms with van der Waals surface area (Å²) in [6, 6.07) is 2.04. The smallest absolute Gasteiger partial charge is 0.303 e. The average molecular weight is 218 g/mol. The van der Waals surface area contributed by atoms with Gasteiger partial charge in [0, 0.05) is 13.0 Å². The maximum absolute atomic E-state index is 12.5. The van der Waals surface area contributed by atoms with E-state index in [9.17, 15) is 13.2 Å². The zero-order valence-electron chi connectivity index (χ0n) is 8.32. The summed E-state index contributed by atoms with van der Waals surface area (Å²) < 4.78 is 37.6. The summed E-state index contributed by atoms with van der Waals surface area (Å²) in [5, 5.41) is 11.2. The van der Waals surface area contributed by atoms with E-state index in [2.05, 4.69) is 5.32 Å². The third kappa shape index (κ3) is 1.96. The lowest BCUT2D eigenvalue weighted by Crippen LogP contribution is -2.47. The normalized spacial score (nSPS) is 25.7. The molecule has 15 heavy (non-hydrogen) atoms. The minimum Gasteiger partial charge on any atom is -0.303 e. The van der Waals surface area contributed by atoms with Crippen LogP contribution < -0.4 is 5.32 Å². The van der Waals surface area contributed by atoms with E-state index in [-0.39, 0.29) is 18.3 Å². The van der Waals surface area contributed by atoms with Crippen molar-refractivity contribution in [1.82, 2.24) is 5.32 Å². The van der Waals surface area contributed by atoms with Crippen LogP contribution in [0.4, 0.5) is 13.2 Å². The molecule has 0 spiro atoms. The van der Waals surface area contributed by atoms with Crippen LogP contribution in [0, 0.1) is 16.7 Å². The highest BCUT2D eigenvalue weighted by molar-refractivity contribution is 5.10. The molecule has 2 fully saturated rings. The molecule has 0 radical (unpaired) electrons. The van der Waals surface area contributed by atoms with Gasteiger partial charge in [0.05, 0.1) is 6.07 Å². The number of nitriles is 1. The maximum Gasteiger partial charge on any atom is 0.406 e. The van der Waals surface area contributed by atoms with Crippen LogP contribution in [0.1, 0.15) is 32.1 Å². The van der Waals surface area contributed by atoms with Gasteiger partial charge in [-0.25, -0.2) is 0 Å². The molecule has 0 aromatic carbocycles. The van der Waals surface area contributed by atoms with Crippen molar-refractivity contribution in [3.05, 3.63) is 0 Å². The van der Waals surface area contributed by atoms with Crippen molar-refractivity contribution in [2.75, 3.05) is 6.54 Å². The van der Waals surface area contributed by atoms with E-state index in [0.29, 0.717) is 13.0 Å². The van der Waals surface area contributed by atoms with Crippen LogP contribution >= 0.6 is 0 Å². The number of hydrogen-bond donors (Lipinski definition) is 1. The predicted octanol–water partition coefficient (Wildman–Crippen LogP) is 2.36. The highest BCUT2D eigenvalue weighted by Gasteiger charge is 2.63. The number of alkyl halides is 3. The zero-order valence-corrected chi connectivity index (χ0v) is 8.32. The van der Waals surface area contributed by atoms with Crippen LogP contribution in [0.3, 0.4) is 0 Å². The fraction of sp³-hybridized carbons (Fsp3) is 0.900. The number of halogens is 3. The second kappa shape index (κ2) is 3.11. The van der Waals surface area contributed by atoms with Gasteiger partial charge in [0.15, 0.2) is 0 Å². The SMILES string of the molecule is N#CCC1(CNC2(C(F)(F)F)CC2)CC1. The molecule has 0 amide bonds. The molecular formula is C10H13F3N2. The highest BCUT2D eigenvalue weighted by Crippen LogP contribution is 2.52. The first-order valence-corrected chi connectivity index (χ1v) is 5.12. The van der Waals surface area contributed by atoms with Crippen molar-refractivity contribution in [2.24, 2.45) is 5.41 Å². The topological polar surface area (TPSA) is 35.8 Å². The number of hydrogen-bond acceptors (Lipinski definition) is 2. The largest absolute Gasteiger partial charge is 0.406 e. The van der Waals surface area contributed by atoms with E-state index in [1.807, 2.05) is 6.07 Å². The quantitative estimate of drug-likeness (QED) is 0.786. The molecule has 2 rings (SSSR count). The van der Waals surface area contributed by atoms with Gasteiger partial charge in [-0.1, -0.05) is 0 Å². The van der Waals surface area contributed by atoms with E-state index >= 15 is 0 Å². The van der Waals surface area contributed by atoms with Crippen molar-refractivity contribution in [3.8, 4) is 6.07 Å². The average Bonchev–Trinajstić information content (AvgIpc) is 2.96. The summed E-state index contributed by atoms with van der Waals surface area (Å²) in [6.45, 7) is 0.333. The molecule has 0 atom stereocenters. The predicted molar refractivity (Wildman–Crippen MR) is 47.9 cm³/mol. The molecule has 2 aliphatic carbocycles. The fourth-order valence-corrected chi connectivity index (χ4v) is 1.80. The van der Waals surface area contributed by atoms with Crippen molar-refractivity contribution in [2.45, 2.75) is 43.8 Å². The molecule has 0 unspecified atom stereocenters. The molecular weight excluding hydrogens is 205 g/mol. The Hall–Kier alpha value is -0.760. The molecule has 0 heterocycles. The summed E-state index contributed by atoms with van der Waals surface area (Å²) >= 11 is 0. The van der Waals surface area contributed by atoms with Gasteiger partial charge in [-0.15, -0.1) is 0 Å². The van der Waals surface area contributed by atoms with Crippen molar-refractivity contribution in [3.63, 3.8) is 0 Å². The Morgan fingerprint density at radius 2 is 1.80 bits per heavy atom. The number of nitrogens with one attached hydrogen (secondary N) is 1. The molecule has 0 saturated heterocycles. The maximum atomic E-state index is 12.5. The van der Waals surface area contributed by atoms with Gasteiger partial charge in [-0.05, 0) is 31.1 Å². The summed E-state index contributed by atoms with van der Waals surface area (Å²) in [5.74, 6) is 0. The first kappa shape index (κ1) is 10.7. The number of rotatable bonds is 4. The van der Waals surface area contributed by atoms with Crippen LogP contribution in [0.2, 0.25) is 0 Å². The standard InChI is InChI=1S/C10H13F3N2/c11-10(12,13)9(3-4-9)15-7-8(1-2-8)5-6-14/h15H,1-5,7H2. The Labute approximate surface area is 86.5 Å². The minimum absolute atomic E-state index is 0.157. The van der Waals surface area contributed by atoms with Gasteiger partial charge in [0.2, 0.25) is 0 Å². The lowest BCUT2D eigenvalue weighted by atomic mass is 10.0. The van der Waals surface area contributed by atoms with Gasteiger partial charge in [0.25, 0.3) is 0 Å². The van der Waals surface area contributed by atoms with E-state index < -0.39 is 11.7 Å². The van der Waals surface area contributed by atoms with Crippen LogP contribution in [0.5, 0.6) is 0 Å². The fourth-order valence-electron chi connectivity index (χ4n) is 1.80. The first-order chi connectivity index (χ1) is 6.93. The van der Waals surface area contributed by atoms with E-state index in [1.54, 1.807) is 0 Å². The molecule has 5 heteroatoms. The molecule has 1 N–H and O–H groups in total. The molecule has 0 aliphatic heterocycles. The second-order valence-corrected chi connectivity index (χ2v) is 4.77. The zero-order chi connectivity index (χ0) is 11.2. The first-order valence-electron chi connectivity index (χ1n) is 5.12. The van der Waals surface area contributed by atoms with E-state index in [4.69, 9.17) is 5.26 Å². The lowest BCUT2D eigenvalue weighted by Gasteiger charge is -2.23. The third-order valence-electron chi connectivity index (χ3n) is 3.51. The molecule has 0 aromatic heterocycles. The summed E-state index contributed by atoms with van der Waals surface area (Å²) in [5.41, 5.74) is -1.78. The third-order valence-corrected chi connectivity index (χ3v) is 3.51. The Kier molecular flexibility index (Phi) is 2.23. The van der Waals surface area contributed by atoms with Gasteiger partial charge in [0.1, 0.15) is 5.54 Å². The Morgan fingerprint density at radius 1 is 1.20 bits per heavy atom. The molecule has 0 bridgehead atoms. The lowest BCUT2D eigenvalue weighted by molar-refractivity contribution is -0.166. The van der Waals surface area contributed by atoms with Crippen LogP contribution in [-0.4, -0.2) is 18.3 Å². The van der Waals surface area contributed by atoms with Crippen molar-refractivity contribution in [1.29, 1.82) is 5.26 Å².